The van der Waals surface area contributed by atoms with Gasteiger partial charge >= 0.3 is 0 Å². The third-order valence-electron chi connectivity index (χ3n) is 3.07. The second-order valence-electron chi connectivity index (χ2n) is 6.06. The summed E-state index contributed by atoms with van der Waals surface area (Å²) in [6.07, 6.45) is 0.945. The number of hydrogen-bond acceptors (Lipinski definition) is 3. The molecule has 0 saturated heterocycles. The average molecular weight is 234 g/mol. The summed E-state index contributed by atoms with van der Waals surface area (Å²) in [5, 5.41) is 0. The molecule has 0 spiro atoms. The molecule has 3 nitrogen and oxygen atoms in total. The number of hydrogen-bond donors (Lipinski definition) is 0. The molecular weight excluding hydrogens is 212 g/mol. The first-order chi connectivity index (χ1) is 7.89. The van der Waals surface area contributed by atoms with Crippen molar-refractivity contribution in [2.45, 2.75) is 59.0 Å². The first-order valence-corrected chi connectivity index (χ1v) is 6.37. The minimum atomic E-state index is 0.0774. The zero-order valence-electron chi connectivity index (χ0n) is 11.5. The summed E-state index contributed by atoms with van der Waals surface area (Å²) < 4.78 is 5.51. The van der Waals surface area contributed by atoms with E-state index in [9.17, 15) is 0 Å². The highest BCUT2D eigenvalue weighted by Gasteiger charge is 2.26. The number of nitrogens with zero attached hydrogens (tertiary/aromatic N) is 2. The number of rotatable bonds is 1. The lowest BCUT2D eigenvalue weighted by Gasteiger charge is -2.27. The summed E-state index contributed by atoms with van der Waals surface area (Å²) in [6, 6.07) is 0. The molecule has 0 radical (unpaired) electrons. The standard InChI is InChI=1S/C14H22N2O/c1-9(2)13-15-11-8-17-7-6-10(11)12(16-13)14(3,4)5/h9H,6-8H2,1-5H3. The molecule has 0 unspecified atom stereocenters. The summed E-state index contributed by atoms with van der Waals surface area (Å²) in [4.78, 5) is 9.44. The van der Waals surface area contributed by atoms with Crippen LogP contribution >= 0.6 is 0 Å². The first kappa shape index (κ1) is 12.5. The predicted molar refractivity (Wildman–Crippen MR) is 68.2 cm³/mol. The summed E-state index contributed by atoms with van der Waals surface area (Å²) in [6.45, 7) is 12.4. The van der Waals surface area contributed by atoms with Gasteiger partial charge in [-0.3, -0.25) is 0 Å². The van der Waals surface area contributed by atoms with Crippen LogP contribution in [0.1, 0.15) is 63.3 Å². The van der Waals surface area contributed by atoms with Crippen molar-refractivity contribution in [1.29, 1.82) is 0 Å². The monoisotopic (exact) mass is 234 g/mol. The Bertz CT molecular complexity index is 419. The van der Waals surface area contributed by atoms with E-state index in [0.29, 0.717) is 12.5 Å². The Morgan fingerprint density at radius 3 is 2.47 bits per heavy atom. The molecule has 2 rings (SSSR count). The summed E-state index contributed by atoms with van der Waals surface area (Å²) >= 11 is 0. The second-order valence-corrected chi connectivity index (χ2v) is 6.06. The first-order valence-electron chi connectivity index (χ1n) is 6.37. The van der Waals surface area contributed by atoms with Crippen molar-refractivity contribution in [3.8, 4) is 0 Å². The van der Waals surface area contributed by atoms with Gasteiger partial charge in [-0.15, -0.1) is 0 Å². The molecule has 3 heteroatoms. The Balaban J connectivity index is 2.58. The second kappa shape index (κ2) is 4.37. The summed E-state index contributed by atoms with van der Waals surface area (Å²) in [7, 11) is 0. The van der Waals surface area contributed by atoms with Gasteiger partial charge in [0.15, 0.2) is 0 Å². The third kappa shape index (κ3) is 2.49. The van der Waals surface area contributed by atoms with Gasteiger partial charge in [0.25, 0.3) is 0 Å². The Kier molecular flexibility index (Phi) is 3.21. The van der Waals surface area contributed by atoms with Crippen LogP contribution in [0, 0.1) is 0 Å². The molecule has 2 heterocycles. The molecule has 0 saturated carbocycles. The lowest BCUT2D eigenvalue weighted by Crippen LogP contribution is -2.24. The number of ether oxygens (including phenoxy) is 1. The van der Waals surface area contributed by atoms with E-state index in [1.165, 1.54) is 11.3 Å². The molecule has 0 aromatic carbocycles. The van der Waals surface area contributed by atoms with Crippen LogP contribution in [0.25, 0.3) is 0 Å². The van der Waals surface area contributed by atoms with Gasteiger partial charge < -0.3 is 4.74 Å². The van der Waals surface area contributed by atoms with Crippen LogP contribution in [0.4, 0.5) is 0 Å². The molecule has 1 aliphatic rings. The van der Waals surface area contributed by atoms with Crippen molar-refractivity contribution in [3.63, 3.8) is 0 Å². The average Bonchev–Trinajstić information content (AvgIpc) is 2.26. The van der Waals surface area contributed by atoms with Gasteiger partial charge in [-0.25, -0.2) is 9.97 Å². The normalized spacial score (nSPS) is 16.1. The van der Waals surface area contributed by atoms with Gasteiger partial charge in [-0.05, 0) is 6.42 Å². The maximum atomic E-state index is 5.51. The molecule has 0 N–H and O–H groups in total. The van der Waals surface area contributed by atoms with Crippen molar-refractivity contribution in [2.75, 3.05) is 6.61 Å². The Labute approximate surface area is 104 Å². The Hall–Kier alpha value is -0.960. The van der Waals surface area contributed by atoms with E-state index in [1.54, 1.807) is 0 Å². The Morgan fingerprint density at radius 1 is 1.18 bits per heavy atom. The van der Waals surface area contributed by atoms with E-state index in [2.05, 4.69) is 39.6 Å². The van der Waals surface area contributed by atoms with Crippen LogP contribution < -0.4 is 0 Å². The number of aromatic nitrogens is 2. The molecule has 1 aromatic rings. The highest BCUT2D eigenvalue weighted by Crippen LogP contribution is 2.29. The van der Waals surface area contributed by atoms with E-state index in [4.69, 9.17) is 9.72 Å². The molecule has 1 aromatic heterocycles. The maximum absolute atomic E-state index is 5.51. The van der Waals surface area contributed by atoms with Gasteiger partial charge in [-0.1, -0.05) is 34.6 Å². The van der Waals surface area contributed by atoms with Gasteiger partial charge in [0.2, 0.25) is 0 Å². The minimum absolute atomic E-state index is 0.0774. The summed E-state index contributed by atoms with van der Waals surface area (Å²) in [5.41, 5.74) is 3.69. The van der Waals surface area contributed by atoms with Crippen molar-refractivity contribution in [1.82, 2.24) is 9.97 Å². The quantitative estimate of drug-likeness (QED) is 0.749. The van der Waals surface area contributed by atoms with E-state index >= 15 is 0 Å². The van der Waals surface area contributed by atoms with E-state index in [0.717, 1.165) is 24.5 Å². The zero-order valence-corrected chi connectivity index (χ0v) is 11.5. The molecule has 0 aliphatic carbocycles. The number of fused-ring (bicyclic) bond motifs is 1. The lowest BCUT2D eigenvalue weighted by molar-refractivity contribution is 0.106. The van der Waals surface area contributed by atoms with Crippen LogP contribution in [0.15, 0.2) is 0 Å². The zero-order chi connectivity index (χ0) is 12.6. The molecule has 0 atom stereocenters. The molecule has 0 amide bonds. The van der Waals surface area contributed by atoms with Crippen LogP contribution in [0.5, 0.6) is 0 Å². The molecule has 0 fully saturated rings. The van der Waals surface area contributed by atoms with E-state index in [1.807, 2.05) is 0 Å². The van der Waals surface area contributed by atoms with E-state index < -0.39 is 0 Å². The molecular formula is C14H22N2O. The van der Waals surface area contributed by atoms with Gasteiger partial charge in [0.05, 0.1) is 24.6 Å². The van der Waals surface area contributed by atoms with Crippen LogP contribution in [0.2, 0.25) is 0 Å². The lowest BCUT2D eigenvalue weighted by atomic mass is 9.86. The predicted octanol–water partition coefficient (Wildman–Crippen LogP) is 2.97. The van der Waals surface area contributed by atoms with Gasteiger partial charge in [-0.2, -0.15) is 0 Å². The topological polar surface area (TPSA) is 35.0 Å². The maximum Gasteiger partial charge on any atom is 0.131 e. The van der Waals surface area contributed by atoms with Gasteiger partial charge in [0, 0.05) is 16.9 Å². The fourth-order valence-electron chi connectivity index (χ4n) is 2.15. The molecule has 0 bridgehead atoms. The fraction of sp³-hybridized carbons (Fsp3) is 0.714. The van der Waals surface area contributed by atoms with Crippen LogP contribution in [-0.4, -0.2) is 16.6 Å². The van der Waals surface area contributed by atoms with Crippen molar-refractivity contribution in [3.05, 3.63) is 22.8 Å². The SMILES string of the molecule is CC(C)c1nc2c(c(C(C)(C)C)n1)CCOC2. The van der Waals surface area contributed by atoms with Crippen LogP contribution in [-0.2, 0) is 23.2 Å². The van der Waals surface area contributed by atoms with Crippen LogP contribution in [0.3, 0.4) is 0 Å². The van der Waals surface area contributed by atoms with Gasteiger partial charge in [0.1, 0.15) is 5.82 Å². The smallest absolute Gasteiger partial charge is 0.131 e. The van der Waals surface area contributed by atoms with Crippen molar-refractivity contribution >= 4 is 0 Å². The third-order valence-corrected chi connectivity index (χ3v) is 3.07. The Morgan fingerprint density at radius 2 is 1.88 bits per heavy atom. The molecule has 94 valence electrons. The minimum Gasteiger partial charge on any atom is -0.375 e. The summed E-state index contributed by atoms with van der Waals surface area (Å²) in [5.74, 6) is 1.31. The highest BCUT2D eigenvalue weighted by atomic mass is 16.5. The van der Waals surface area contributed by atoms with E-state index in [-0.39, 0.29) is 5.41 Å². The largest absolute Gasteiger partial charge is 0.375 e. The fourth-order valence-corrected chi connectivity index (χ4v) is 2.15. The molecule has 17 heavy (non-hydrogen) atoms. The van der Waals surface area contributed by atoms with Crippen molar-refractivity contribution in [2.24, 2.45) is 0 Å². The highest BCUT2D eigenvalue weighted by molar-refractivity contribution is 5.32. The van der Waals surface area contributed by atoms with Crippen molar-refractivity contribution < 1.29 is 4.74 Å². The molecule has 1 aliphatic heterocycles.